The number of ether oxygens (including phenoxy) is 2. The number of rotatable bonds is 4. The van der Waals surface area contributed by atoms with E-state index in [1.165, 1.54) is 4.90 Å². The van der Waals surface area contributed by atoms with Crippen molar-refractivity contribution in [1.82, 2.24) is 10.2 Å². The fourth-order valence-corrected chi connectivity index (χ4v) is 2.36. The summed E-state index contributed by atoms with van der Waals surface area (Å²) in [7, 11) is 0. The number of imide groups is 1. The van der Waals surface area contributed by atoms with Gasteiger partial charge in [0.2, 0.25) is 0 Å². The van der Waals surface area contributed by atoms with E-state index in [0.717, 1.165) is 0 Å². The molecule has 0 aromatic rings. The van der Waals surface area contributed by atoms with Gasteiger partial charge in [-0.1, -0.05) is 39.8 Å². The lowest BCUT2D eigenvalue weighted by atomic mass is 10.0. The number of alkyl carbamates (subject to hydrolysis) is 1. The van der Waals surface area contributed by atoms with Crippen molar-refractivity contribution >= 4 is 24.1 Å². The maximum Gasteiger partial charge on any atom is 0.417 e. The van der Waals surface area contributed by atoms with Gasteiger partial charge in [-0.2, -0.15) is 0 Å². The highest BCUT2D eigenvalue weighted by atomic mass is 16.6. The third-order valence-electron chi connectivity index (χ3n) is 4.94. The summed E-state index contributed by atoms with van der Waals surface area (Å²) in [6.45, 7) is 15.6. The van der Waals surface area contributed by atoms with Crippen molar-refractivity contribution < 1.29 is 33.8 Å². The molecule has 0 saturated carbocycles. The highest BCUT2D eigenvalue weighted by molar-refractivity contribution is 6.03. The number of carboxylic acids is 1. The molecule has 0 spiro atoms. The average molecular weight is 441 g/mol. The van der Waals surface area contributed by atoms with Gasteiger partial charge < -0.3 is 19.9 Å². The largest absolute Gasteiger partial charge is 0.478 e. The second kappa shape index (κ2) is 13.5. The van der Waals surface area contributed by atoms with E-state index in [1.807, 2.05) is 13.8 Å². The van der Waals surface area contributed by atoms with Crippen molar-refractivity contribution in [2.45, 2.75) is 67.5 Å². The van der Waals surface area contributed by atoms with Crippen LogP contribution in [0.15, 0.2) is 23.3 Å². The molecule has 3 amide bonds. The zero-order valence-corrected chi connectivity index (χ0v) is 19.7. The van der Waals surface area contributed by atoms with Crippen LogP contribution in [-0.4, -0.2) is 59.4 Å². The van der Waals surface area contributed by atoms with E-state index >= 15 is 0 Å². The van der Waals surface area contributed by atoms with Crippen molar-refractivity contribution in [3.8, 4) is 0 Å². The Hall–Kier alpha value is -2.84. The number of hydrogen-bond acceptors (Lipinski definition) is 6. The lowest BCUT2D eigenvalue weighted by Gasteiger charge is -2.22. The van der Waals surface area contributed by atoms with Crippen LogP contribution in [-0.2, 0) is 19.1 Å². The number of cyclic esters (lactones) is 2. The van der Waals surface area contributed by atoms with Crippen LogP contribution in [0.2, 0.25) is 0 Å². The smallest absolute Gasteiger partial charge is 0.417 e. The molecular weight excluding hydrogens is 404 g/mol. The maximum absolute atomic E-state index is 11.9. The van der Waals surface area contributed by atoms with E-state index in [2.05, 4.69) is 23.9 Å². The molecule has 2 aliphatic rings. The van der Waals surface area contributed by atoms with Crippen LogP contribution < -0.4 is 5.32 Å². The zero-order chi connectivity index (χ0) is 24.3. The van der Waals surface area contributed by atoms with Gasteiger partial charge in [-0.3, -0.25) is 4.79 Å². The molecule has 31 heavy (non-hydrogen) atoms. The zero-order valence-electron chi connectivity index (χ0n) is 19.7. The summed E-state index contributed by atoms with van der Waals surface area (Å²) in [5.41, 5.74) is 0.958. The summed E-state index contributed by atoms with van der Waals surface area (Å²) in [6, 6.07) is 0.0809. The van der Waals surface area contributed by atoms with Gasteiger partial charge in [0.15, 0.2) is 0 Å². The minimum Gasteiger partial charge on any atom is -0.478 e. The summed E-state index contributed by atoms with van der Waals surface area (Å²) >= 11 is 0. The number of carboxylic acid groups (broad SMARTS) is 1. The number of carbonyl (C=O) groups excluding carboxylic acids is 3. The van der Waals surface area contributed by atoms with E-state index < -0.39 is 12.1 Å². The first-order valence-electron chi connectivity index (χ1n) is 10.3. The third kappa shape index (κ3) is 9.23. The summed E-state index contributed by atoms with van der Waals surface area (Å²) in [4.78, 5) is 44.8. The van der Waals surface area contributed by atoms with Crippen LogP contribution in [0.1, 0.15) is 55.4 Å². The topological polar surface area (TPSA) is 122 Å². The Bertz CT molecular complexity index is 711. The van der Waals surface area contributed by atoms with E-state index in [9.17, 15) is 19.2 Å². The van der Waals surface area contributed by atoms with Gasteiger partial charge >= 0.3 is 18.2 Å². The normalized spacial score (nSPS) is 20.9. The monoisotopic (exact) mass is 440 g/mol. The fraction of sp³-hybridized carbons (Fsp3) is 0.636. The summed E-state index contributed by atoms with van der Waals surface area (Å²) in [6.07, 6.45) is 2.45. The van der Waals surface area contributed by atoms with Crippen molar-refractivity contribution in [2.24, 2.45) is 11.8 Å². The Morgan fingerprint density at radius 3 is 1.84 bits per heavy atom. The Morgan fingerprint density at radius 2 is 1.55 bits per heavy atom. The van der Waals surface area contributed by atoms with E-state index in [1.54, 1.807) is 39.8 Å². The first-order valence-corrected chi connectivity index (χ1v) is 10.3. The van der Waals surface area contributed by atoms with Crippen LogP contribution >= 0.6 is 0 Å². The molecule has 2 rings (SSSR count). The van der Waals surface area contributed by atoms with Gasteiger partial charge in [0.1, 0.15) is 13.2 Å². The maximum atomic E-state index is 11.9. The molecule has 2 fully saturated rings. The summed E-state index contributed by atoms with van der Waals surface area (Å²) < 4.78 is 9.57. The van der Waals surface area contributed by atoms with Gasteiger partial charge in [-0.05, 0) is 39.5 Å². The molecule has 2 N–H and O–H groups in total. The van der Waals surface area contributed by atoms with Crippen molar-refractivity contribution in [2.75, 3.05) is 13.2 Å². The van der Waals surface area contributed by atoms with Gasteiger partial charge in [-0.25, -0.2) is 19.3 Å². The molecule has 2 aliphatic heterocycles. The molecule has 0 aromatic carbocycles. The molecule has 0 unspecified atom stereocenters. The van der Waals surface area contributed by atoms with Gasteiger partial charge in [0.25, 0.3) is 5.91 Å². The first kappa shape index (κ1) is 28.2. The SMILES string of the molecule is C/C=C(\C)C(=O)N1C(=O)OC[C@H]1C(C)C.C/C=C(\C)C(=O)O.CC(C)[C@@H]1COC(=O)N1. The highest BCUT2D eigenvalue weighted by Gasteiger charge is 2.39. The fourth-order valence-electron chi connectivity index (χ4n) is 2.36. The predicted octanol–water partition coefficient (Wildman–Crippen LogP) is 3.74. The third-order valence-corrected chi connectivity index (χ3v) is 4.94. The second-order valence-electron chi connectivity index (χ2n) is 7.91. The lowest BCUT2D eigenvalue weighted by Crippen LogP contribution is -2.42. The van der Waals surface area contributed by atoms with E-state index in [0.29, 0.717) is 30.3 Å². The Labute approximate surface area is 184 Å². The van der Waals surface area contributed by atoms with Gasteiger partial charge in [-0.15, -0.1) is 0 Å². The molecular formula is C22H36N2O7. The predicted molar refractivity (Wildman–Crippen MR) is 116 cm³/mol. The highest BCUT2D eigenvalue weighted by Crippen LogP contribution is 2.21. The van der Waals surface area contributed by atoms with Crippen molar-refractivity contribution in [3.63, 3.8) is 0 Å². The van der Waals surface area contributed by atoms with Crippen LogP contribution in [0.5, 0.6) is 0 Å². The lowest BCUT2D eigenvalue weighted by molar-refractivity contribution is -0.132. The average Bonchev–Trinajstić information content (AvgIpc) is 3.32. The molecule has 0 aromatic heterocycles. The van der Waals surface area contributed by atoms with Crippen LogP contribution in [0, 0.1) is 11.8 Å². The summed E-state index contributed by atoms with van der Waals surface area (Å²) in [5, 5.41) is 10.8. The molecule has 2 atom stereocenters. The molecule has 0 radical (unpaired) electrons. The molecule has 0 aliphatic carbocycles. The van der Waals surface area contributed by atoms with E-state index in [4.69, 9.17) is 9.84 Å². The molecule has 2 saturated heterocycles. The number of carbonyl (C=O) groups is 4. The molecule has 0 bridgehead atoms. The minimum absolute atomic E-state index is 0.139. The number of allylic oxidation sites excluding steroid dienone is 2. The van der Waals surface area contributed by atoms with Crippen LogP contribution in [0.3, 0.4) is 0 Å². The molecule has 176 valence electrons. The number of hydrogen-bond donors (Lipinski definition) is 2. The van der Waals surface area contributed by atoms with E-state index in [-0.39, 0.29) is 30.0 Å². The second-order valence-corrected chi connectivity index (χ2v) is 7.91. The number of nitrogens with zero attached hydrogens (tertiary/aromatic N) is 1. The van der Waals surface area contributed by atoms with Crippen molar-refractivity contribution in [3.05, 3.63) is 23.3 Å². The Morgan fingerprint density at radius 1 is 1.00 bits per heavy atom. The van der Waals surface area contributed by atoms with Gasteiger partial charge in [0, 0.05) is 11.1 Å². The van der Waals surface area contributed by atoms with Crippen LogP contribution in [0.25, 0.3) is 0 Å². The quantitative estimate of drug-likeness (QED) is 0.638. The molecule has 2 heterocycles. The summed E-state index contributed by atoms with van der Waals surface area (Å²) in [5.74, 6) is -0.414. The molecule has 9 nitrogen and oxygen atoms in total. The number of aliphatic carboxylic acids is 1. The van der Waals surface area contributed by atoms with Crippen LogP contribution in [0.4, 0.5) is 9.59 Å². The molecule has 9 heteroatoms. The number of nitrogens with one attached hydrogen (secondary N) is 1. The van der Waals surface area contributed by atoms with Crippen molar-refractivity contribution in [1.29, 1.82) is 0 Å². The minimum atomic E-state index is -0.845. The standard InChI is InChI=1S/C11H17NO3.C6H11NO2.C5H8O2/c1-5-8(4)10(13)12-9(7(2)3)6-15-11(12)14;1-4(2)5-3-9-6(8)7-5;1-3-4(2)5(6)7/h5,7,9H,6H2,1-4H3;4-5H,3H2,1-2H3,(H,7,8);3H,1-2H3,(H,6,7)/b8-5+;;4-3+/t9-;5-;/m00./s1. The van der Waals surface area contributed by atoms with Gasteiger partial charge in [0.05, 0.1) is 12.1 Å². The first-order chi connectivity index (χ1) is 14.4. The Kier molecular flexibility index (Phi) is 12.2. The number of amides is 3. The Balaban J connectivity index is 0.000000479.